The summed E-state index contributed by atoms with van der Waals surface area (Å²) in [6, 6.07) is -0.980. The lowest BCUT2D eigenvalue weighted by Gasteiger charge is -2.31. The minimum absolute atomic E-state index is 0.250. The van der Waals surface area contributed by atoms with Crippen molar-refractivity contribution < 1.29 is 23.8 Å². The van der Waals surface area contributed by atoms with Crippen LogP contribution in [0.1, 0.15) is 33.6 Å². The number of carbonyl (C=O) groups excluding carboxylic acids is 2. The van der Waals surface area contributed by atoms with Crippen LogP contribution >= 0.6 is 0 Å². The Labute approximate surface area is 126 Å². The number of methoxy groups -OCH3 is 2. The molecule has 1 aliphatic heterocycles. The number of rotatable bonds is 4. The number of amides is 1. The number of likely N-dealkylation sites (tertiary alicyclic amines) is 1. The van der Waals surface area contributed by atoms with Crippen molar-refractivity contribution in [1.82, 2.24) is 4.90 Å². The van der Waals surface area contributed by atoms with Gasteiger partial charge in [0.15, 0.2) is 0 Å². The first-order valence-corrected chi connectivity index (χ1v) is 6.98. The Hall–Kier alpha value is -1.56. The molecule has 1 rings (SSSR count). The largest absolute Gasteiger partial charge is 0.467 e. The molecule has 0 N–H and O–H groups in total. The Balaban J connectivity index is 3.06. The van der Waals surface area contributed by atoms with E-state index < -0.39 is 23.7 Å². The van der Waals surface area contributed by atoms with Gasteiger partial charge in [-0.25, -0.2) is 9.59 Å². The maximum atomic E-state index is 12.4. The van der Waals surface area contributed by atoms with Crippen LogP contribution in [0.4, 0.5) is 4.79 Å². The van der Waals surface area contributed by atoms with E-state index in [1.807, 2.05) is 0 Å². The summed E-state index contributed by atoms with van der Waals surface area (Å²) in [6.45, 7) is 9.05. The molecule has 1 heterocycles. The van der Waals surface area contributed by atoms with E-state index in [0.717, 1.165) is 0 Å². The number of hydrogen-bond donors (Lipinski definition) is 0. The molecule has 0 aliphatic carbocycles. The fourth-order valence-corrected chi connectivity index (χ4v) is 2.51. The van der Waals surface area contributed by atoms with Crippen molar-refractivity contribution in [3.8, 4) is 0 Å². The van der Waals surface area contributed by atoms with Gasteiger partial charge in [-0.1, -0.05) is 6.08 Å². The molecule has 1 aliphatic rings. The number of nitrogens with zero attached hydrogens (tertiary/aromatic N) is 1. The summed E-state index contributed by atoms with van der Waals surface area (Å²) in [7, 11) is 2.87. The van der Waals surface area contributed by atoms with Gasteiger partial charge in [-0.05, 0) is 27.2 Å². The fourth-order valence-electron chi connectivity index (χ4n) is 2.51. The minimum Gasteiger partial charge on any atom is -0.467 e. The van der Waals surface area contributed by atoms with Gasteiger partial charge >= 0.3 is 12.1 Å². The molecule has 1 amide bonds. The third-order valence-corrected chi connectivity index (χ3v) is 3.37. The zero-order valence-electron chi connectivity index (χ0n) is 13.4. The first-order chi connectivity index (χ1) is 9.75. The molecule has 21 heavy (non-hydrogen) atoms. The number of ether oxygens (including phenoxy) is 3. The molecule has 0 radical (unpaired) electrons. The zero-order valence-corrected chi connectivity index (χ0v) is 13.4. The molecular formula is C15H25NO5. The normalized spacial score (nSPS) is 25.6. The predicted octanol–water partition coefficient (Wildman–Crippen LogP) is 2.13. The maximum absolute atomic E-state index is 12.4. The van der Waals surface area contributed by atoms with Crippen LogP contribution in [0.5, 0.6) is 0 Å². The fraction of sp³-hybridized carbons (Fsp3) is 0.733. The molecule has 6 nitrogen and oxygen atoms in total. The van der Waals surface area contributed by atoms with E-state index in [4.69, 9.17) is 14.2 Å². The standard InChI is InChI=1S/C15H25NO5/c1-7-8-10-12(19-5)9-11(13(17)20-6)16(10)14(18)21-15(2,3)4/h7,10-12H,1,8-9H2,2-6H3/t10?,11-,12+/m0/s1. The molecule has 3 atom stereocenters. The number of carbonyl (C=O) groups is 2. The first kappa shape index (κ1) is 17.5. The number of esters is 1. The van der Waals surface area contributed by atoms with Crippen molar-refractivity contribution in [2.24, 2.45) is 0 Å². The summed E-state index contributed by atoms with van der Waals surface area (Å²) in [6.07, 6.45) is 1.82. The third kappa shape index (κ3) is 4.20. The summed E-state index contributed by atoms with van der Waals surface area (Å²) in [5, 5.41) is 0. The van der Waals surface area contributed by atoms with Gasteiger partial charge in [0.2, 0.25) is 0 Å². The van der Waals surface area contributed by atoms with Crippen molar-refractivity contribution in [3.05, 3.63) is 12.7 Å². The molecule has 0 aromatic carbocycles. The van der Waals surface area contributed by atoms with E-state index in [2.05, 4.69) is 6.58 Å². The highest BCUT2D eigenvalue weighted by molar-refractivity contribution is 5.82. The predicted molar refractivity (Wildman–Crippen MR) is 77.9 cm³/mol. The van der Waals surface area contributed by atoms with Gasteiger partial charge in [-0.15, -0.1) is 6.58 Å². The zero-order chi connectivity index (χ0) is 16.2. The SMILES string of the molecule is C=CCC1[C@H](OC)C[C@@H](C(=O)OC)N1C(=O)OC(C)(C)C. The van der Waals surface area contributed by atoms with E-state index in [1.54, 1.807) is 34.0 Å². The van der Waals surface area contributed by atoms with E-state index in [1.165, 1.54) is 12.0 Å². The Morgan fingerprint density at radius 1 is 1.33 bits per heavy atom. The topological polar surface area (TPSA) is 65.1 Å². The van der Waals surface area contributed by atoms with Crippen LogP contribution in [0, 0.1) is 0 Å². The average molecular weight is 299 g/mol. The maximum Gasteiger partial charge on any atom is 0.411 e. The van der Waals surface area contributed by atoms with Crippen LogP contribution in [0.25, 0.3) is 0 Å². The Morgan fingerprint density at radius 2 is 1.95 bits per heavy atom. The smallest absolute Gasteiger partial charge is 0.411 e. The quantitative estimate of drug-likeness (QED) is 0.588. The molecule has 1 fully saturated rings. The highest BCUT2D eigenvalue weighted by Crippen LogP contribution is 2.31. The molecule has 1 saturated heterocycles. The van der Waals surface area contributed by atoms with Crippen molar-refractivity contribution in [2.45, 2.75) is 57.4 Å². The van der Waals surface area contributed by atoms with E-state index in [9.17, 15) is 9.59 Å². The second-order valence-electron chi connectivity index (χ2n) is 6.03. The van der Waals surface area contributed by atoms with Gasteiger partial charge in [0, 0.05) is 13.5 Å². The summed E-state index contributed by atoms with van der Waals surface area (Å²) < 4.78 is 15.6. The minimum atomic E-state index is -0.695. The molecule has 0 aromatic heterocycles. The van der Waals surface area contributed by atoms with Gasteiger partial charge in [-0.2, -0.15) is 0 Å². The van der Waals surface area contributed by atoms with Crippen LogP contribution < -0.4 is 0 Å². The Morgan fingerprint density at radius 3 is 2.38 bits per heavy atom. The highest BCUT2D eigenvalue weighted by atomic mass is 16.6. The van der Waals surface area contributed by atoms with Crippen molar-refractivity contribution in [3.63, 3.8) is 0 Å². The van der Waals surface area contributed by atoms with Crippen molar-refractivity contribution in [1.29, 1.82) is 0 Å². The summed E-state index contributed by atoms with van der Waals surface area (Å²) in [5.74, 6) is -0.463. The number of hydrogen-bond acceptors (Lipinski definition) is 5. The van der Waals surface area contributed by atoms with Gasteiger partial charge < -0.3 is 14.2 Å². The Bertz CT molecular complexity index is 401. The van der Waals surface area contributed by atoms with E-state index in [0.29, 0.717) is 12.8 Å². The molecule has 1 unspecified atom stereocenters. The van der Waals surface area contributed by atoms with Crippen LogP contribution in [-0.4, -0.2) is 55.0 Å². The molecular weight excluding hydrogens is 274 g/mol. The molecule has 0 spiro atoms. The molecule has 0 saturated carbocycles. The van der Waals surface area contributed by atoms with Gasteiger partial charge in [0.1, 0.15) is 11.6 Å². The highest BCUT2D eigenvalue weighted by Gasteiger charge is 2.48. The van der Waals surface area contributed by atoms with Crippen LogP contribution in [0.15, 0.2) is 12.7 Å². The molecule has 0 bridgehead atoms. The monoisotopic (exact) mass is 299 g/mol. The Kier molecular flexibility index (Phi) is 5.78. The first-order valence-electron chi connectivity index (χ1n) is 6.98. The molecule has 6 heteroatoms. The summed E-state index contributed by atoms with van der Waals surface area (Å²) in [4.78, 5) is 25.8. The lowest BCUT2D eigenvalue weighted by atomic mass is 10.1. The van der Waals surface area contributed by atoms with Crippen LogP contribution in [0.3, 0.4) is 0 Å². The van der Waals surface area contributed by atoms with E-state index in [-0.39, 0.29) is 12.1 Å². The van der Waals surface area contributed by atoms with Crippen molar-refractivity contribution in [2.75, 3.05) is 14.2 Å². The van der Waals surface area contributed by atoms with Gasteiger partial charge in [0.05, 0.1) is 19.3 Å². The second kappa shape index (κ2) is 6.93. The van der Waals surface area contributed by atoms with Crippen molar-refractivity contribution >= 4 is 12.1 Å². The molecule has 120 valence electrons. The lowest BCUT2D eigenvalue weighted by molar-refractivity contribution is -0.146. The summed E-state index contributed by atoms with van der Waals surface area (Å²) in [5.41, 5.74) is -0.637. The van der Waals surface area contributed by atoms with Gasteiger partial charge in [-0.3, -0.25) is 4.90 Å². The summed E-state index contributed by atoms with van der Waals surface area (Å²) >= 11 is 0. The lowest BCUT2D eigenvalue weighted by Crippen LogP contribution is -2.48. The second-order valence-corrected chi connectivity index (χ2v) is 6.03. The van der Waals surface area contributed by atoms with Gasteiger partial charge in [0.25, 0.3) is 0 Å². The van der Waals surface area contributed by atoms with Crippen LogP contribution in [-0.2, 0) is 19.0 Å². The third-order valence-electron chi connectivity index (χ3n) is 3.37. The van der Waals surface area contributed by atoms with E-state index >= 15 is 0 Å². The van der Waals surface area contributed by atoms with Crippen LogP contribution in [0.2, 0.25) is 0 Å². The average Bonchev–Trinajstić information content (AvgIpc) is 2.75. The molecule has 0 aromatic rings.